The zero-order valence-corrected chi connectivity index (χ0v) is 14.2. The Morgan fingerprint density at radius 1 is 1.05 bits per heavy atom. The zero-order valence-electron chi connectivity index (χ0n) is 14.2. The lowest BCUT2D eigenvalue weighted by molar-refractivity contribution is 0.314. The molecule has 1 aromatic carbocycles. The highest BCUT2D eigenvalue weighted by molar-refractivity contribution is 5.82. The lowest BCUT2D eigenvalue weighted by Gasteiger charge is -2.28. The van der Waals surface area contributed by atoms with Crippen LogP contribution in [0.4, 0.5) is 0 Å². The molecule has 1 unspecified atom stereocenters. The second kappa shape index (κ2) is 4.50. The molecule has 1 aliphatic rings. The third kappa shape index (κ3) is 2.54. The predicted octanol–water partition coefficient (Wildman–Crippen LogP) is 4.09. The molecule has 0 spiro atoms. The lowest BCUT2D eigenvalue weighted by Crippen LogP contribution is -2.32. The predicted molar refractivity (Wildman–Crippen MR) is 92.7 cm³/mol. The van der Waals surface area contributed by atoms with Crippen molar-refractivity contribution < 1.29 is 0 Å². The molecule has 0 radical (unpaired) electrons. The molecule has 1 aromatic heterocycles. The van der Waals surface area contributed by atoms with Crippen LogP contribution in [0.2, 0.25) is 0 Å². The van der Waals surface area contributed by atoms with Crippen molar-refractivity contribution in [2.45, 2.75) is 53.4 Å². The van der Waals surface area contributed by atoms with E-state index in [1.54, 1.807) is 0 Å². The number of nitrogens with one attached hydrogen (secondary N) is 1. The van der Waals surface area contributed by atoms with Crippen LogP contribution in [0.5, 0.6) is 0 Å². The normalized spacial score (nSPS) is 19.0. The summed E-state index contributed by atoms with van der Waals surface area (Å²) in [6, 6.07) is 6.87. The average molecular weight is 281 g/mol. The van der Waals surface area contributed by atoms with Gasteiger partial charge in [-0.3, -0.25) is 0 Å². The largest absolute Gasteiger partial charge is 0.355 e. The van der Waals surface area contributed by atoms with Crippen LogP contribution in [0.1, 0.15) is 53.5 Å². The first-order valence-corrected chi connectivity index (χ1v) is 8.00. The Hall–Kier alpha value is -1.50. The van der Waals surface area contributed by atoms with Crippen LogP contribution in [0.25, 0.3) is 23.1 Å². The smallest absolute Gasteiger partial charge is 0.0464 e. The second-order valence-corrected chi connectivity index (χ2v) is 8.54. The Bertz CT molecular complexity index is 791. The number of benzene rings is 1. The Labute approximate surface area is 127 Å². The van der Waals surface area contributed by atoms with Gasteiger partial charge in [0.15, 0.2) is 0 Å². The van der Waals surface area contributed by atoms with E-state index < -0.39 is 0 Å². The number of hydrogen-bond donors (Lipinski definition) is 1. The molecule has 1 nitrogen and oxygen atoms in total. The van der Waals surface area contributed by atoms with Crippen molar-refractivity contribution >= 4 is 23.1 Å². The first-order chi connectivity index (χ1) is 9.66. The maximum absolute atomic E-state index is 3.58. The molecule has 1 heterocycles. The van der Waals surface area contributed by atoms with Crippen LogP contribution < -0.4 is 10.6 Å². The number of rotatable bonds is 0. The highest BCUT2D eigenvalue weighted by Crippen LogP contribution is 2.31. The van der Waals surface area contributed by atoms with Gasteiger partial charge in [0.05, 0.1) is 0 Å². The average Bonchev–Trinajstić information content (AvgIpc) is 2.73. The molecule has 1 aliphatic carbocycles. The number of aromatic amines is 1. The molecule has 21 heavy (non-hydrogen) atoms. The van der Waals surface area contributed by atoms with Gasteiger partial charge in [-0.1, -0.05) is 59.8 Å². The summed E-state index contributed by atoms with van der Waals surface area (Å²) in [6.45, 7) is 13.8. The van der Waals surface area contributed by atoms with Crippen LogP contribution in [0.3, 0.4) is 0 Å². The molecule has 1 N–H and O–H groups in total. The van der Waals surface area contributed by atoms with E-state index >= 15 is 0 Å². The van der Waals surface area contributed by atoms with Crippen LogP contribution >= 0.6 is 0 Å². The highest BCUT2D eigenvalue weighted by Gasteiger charge is 2.24. The molecular formula is C20H27N. The van der Waals surface area contributed by atoms with Gasteiger partial charge in [-0.25, -0.2) is 0 Å². The molecule has 2 aromatic rings. The Kier molecular flexibility index (Phi) is 3.09. The SMILES string of the molecule is CC(C)(C)c1ccc2[nH]c3c(c2c1)=CC(C(C)(C)C)CC=3. The summed E-state index contributed by atoms with van der Waals surface area (Å²) in [4.78, 5) is 3.58. The van der Waals surface area contributed by atoms with Gasteiger partial charge < -0.3 is 4.98 Å². The van der Waals surface area contributed by atoms with E-state index in [-0.39, 0.29) is 5.41 Å². The summed E-state index contributed by atoms with van der Waals surface area (Å²) in [5.74, 6) is 0.613. The third-order valence-electron chi connectivity index (χ3n) is 4.79. The maximum Gasteiger partial charge on any atom is 0.0464 e. The molecule has 0 amide bonds. The van der Waals surface area contributed by atoms with E-state index in [0.717, 1.165) is 6.42 Å². The van der Waals surface area contributed by atoms with E-state index in [4.69, 9.17) is 0 Å². The standard InChI is InChI=1S/C20H27N/c1-19(2,3)13-7-9-17-15(11-13)16-12-14(20(4,5)6)8-10-18(16)21-17/h7,9-12,14,21H,8H2,1-6H3. The van der Waals surface area contributed by atoms with Crippen LogP contribution in [-0.4, -0.2) is 4.98 Å². The van der Waals surface area contributed by atoms with Crippen molar-refractivity contribution in [2.75, 3.05) is 0 Å². The third-order valence-corrected chi connectivity index (χ3v) is 4.79. The van der Waals surface area contributed by atoms with Gasteiger partial charge >= 0.3 is 0 Å². The van der Waals surface area contributed by atoms with Gasteiger partial charge in [0.2, 0.25) is 0 Å². The molecule has 3 rings (SSSR count). The van der Waals surface area contributed by atoms with Gasteiger partial charge in [-0.05, 0) is 40.9 Å². The molecule has 0 saturated carbocycles. The molecular weight excluding hydrogens is 254 g/mol. The summed E-state index contributed by atoms with van der Waals surface area (Å²) in [5.41, 5.74) is 3.18. The number of H-pyrrole nitrogens is 1. The fraction of sp³-hybridized carbons (Fsp3) is 0.500. The van der Waals surface area contributed by atoms with Crippen LogP contribution in [0.15, 0.2) is 18.2 Å². The minimum Gasteiger partial charge on any atom is -0.355 e. The van der Waals surface area contributed by atoms with Crippen LogP contribution in [0, 0.1) is 11.3 Å². The zero-order chi connectivity index (χ0) is 15.4. The Morgan fingerprint density at radius 3 is 2.38 bits per heavy atom. The van der Waals surface area contributed by atoms with Gasteiger partial charge in [0.25, 0.3) is 0 Å². The monoisotopic (exact) mass is 281 g/mol. The first kappa shape index (κ1) is 14.4. The van der Waals surface area contributed by atoms with Gasteiger partial charge in [0.1, 0.15) is 0 Å². The number of aromatic nitrogens is 1. The van der Waals surface area contributed by atoms with Crippen molar-refractivity contribution in [3.63, 3.8) is 0 Å². The summed E-state index contributed by atoms with van der Waals surface area (Å²) < 4.78 is 0. The minimum atomic E-state index is 0.195. The lowest BCUT2D eigenvalue weighted by atomic mass is 9.77. The number of fused-ring (bicyclic) bond motifs is 3. The Balaban J connectivity index is 2.26. The fourth-order valence-electron chi connectivity index (χ4n) is 3.16. The molecule has 1 atom stereocenters. The summed E-state index contributed by atoms with van der Waals surface area (Å²) in [6.07, 6.45) is 6.00. The molecule has 0 bridgehead atoms. The maximum atomic E-state index is 3.58. The second-order valence-electron chi connectivity index (χ2n) is 8.54. The minimum absolute atomic E-state index is 0.195. The molecule has 112 valence electrons. The van der Waals surface area contributed by atoms with Crippen molar-refractivity contribution in [1.29, 1.82) is 0 Å². The van der Waals surface area contributed by atoms with E-state index in [1.807, 2.05) is 0 Å². The van der Waals surface area contributed by atoms with E-state index in [9.17, 15) is 0 Å². The van der Waals surface area contributed by atoms with Crippen molar-refractivity contribution in [3.05, 3.63) is 34.3 Å². The van der Waals surface area contributed by atoms with Crippen molar-refractivity contribution in [2.24, 2.45) is 11.3 Å². The Morgan fingerprint density at radius 2 is 1.76 bits per heavy atom. The number of hydrogen-bond acceptors (Lipinski definition) is 0. The highest BCUT2D eigenvalue weighted by atomic mass is 14.7. The topological polar surface area (TPSA) is 15.8 Å². The molecule has 0 saturated heterocycles. The van der Waals surface area contributed by atoms with E-state index in [1.165, 1.54) is 27.0 Å². The molecule has 1 heteroatoms. The van der Waals surface area contributed by atoms with Gasteiger partial charge in [0, 0.05) is 21.5 Å². The quantitative estimate of drug-likeness (QED) is 0.748. The summed E-state index contributed by atoms with van der Waals surface area (Å²) in [5, 5.41) is 4.08. The summed E-state index contributed by atoms with van der Waals surface area (Å²) >= 11 is 0. The van der Waals surface area contributed by atoms with Gasteiger partial charge in [-0.2, -0.15) is 0 Å². The van der Waals surface area contributed by atoms with E-state index in [0.29, 0.717) is 11.3 Å². The van der Waals surface area contributed by atoms with Gasteiger partial charge in [-0.15, -0.1) is 0 Å². The van der Waals surface area contributed by atoms with E-state index in [2.05, 4.69) is 76.9 Å². The summed E-state index contributed by atoms with van der Waals surface area (Å²) in [7, 11) is 0. The van der Waals surface area contributed by atoms with Crippen molar-refractivity contribution in [3.8, 4) is 0 Å². The van der Waals surface area contributed by atoms with Crippen LogP contribution in [-0.2, 0) is 5.41 Å². The first-order valence-electron chi connectivity index (χ1n) is 8.00. The fourth-order valence-corrected chi connectivity index (χ4v) is 3.16. The van der Waals surface area contributed by atoms with Crippen molar-refractivity contribution in [1.82, 2.24) is 4.98 Å². The molecule has 0 fully saturated rings. The molecule has 0 aliphatic heterocycles.